The Morgan fingerprint density at radius 2 is 2.29 bits per heavy atom. The molecular formula is C9H11ClN2O2. The lowest BCUT2D eigenvalue weighted by Crippen LogP contribution is -1.99. The van der Waals surface area contributed by atoms with Gasteiger partial charge in [0.2, 0.25) is 0 Å². The van der Waals surface area contributed by atoms with Gasteiger partial charge in [-0.25, -0.2) is 0 Å². The first-order chi connectivity index (χ1) is 6.69. The molecule has 0 aliphatic heterocycles. The molecule has 0 amide bonds. The molecule has 5 heteroatoms. The maximum atomic E-state index is 5.65. The molecule has 0 unspecified atom stereocenters. The Balaban J connectivity index is 3.01. The van der Waals surface area contributed by atoms with Gasteiger partial charge < -0.3 is 9.47 Å². The van der Waals surface area contributed by atoms with E-state index in [1.54, 1.807) is 6.07 Å². The van der Waals surface area contributed by atoms with E-state index in [2.05, 4.69) is 16.8 Å². The largest absolute Gasteiger partial charge is 0.494 e. The summed E-state index contributed by atoms with van der Waals surface area (Å²) in [6, 6.07) is 1.56. The van der Waals surface area contributed by atoms with Crippen molar-refractivity contribution in [3.8, 4) is 5.75 Å². The molecule has 4 nitrogen and oxygen atoms in total. The summed E-state index contributed by atoms with van der Waals surface area (Å²) in [6.07, 6.45) is 0. The molecule has 0 radical (unpaired) electrons. The Morgan fingerprint density at radius 1 is 1.57 bits per heavy atom. The number of halogens is 1. The molecular weight excluding hydrogens is 204 g/mol. The second-order valence-corrected chi connectivity index (χ2v) is 2.83. The van der Waals surface area contributed by atoms with Crippen LogP contribution >= 0.6 is 11.6 Å². The lowest BCUT2D eigenvalue weighted by molar-refractivity contribution is 0.294. The zero-order valence-corrected chi connectivity index (χ0v) is 8.84. The molecule has 1 heterocycles. The predicted molar refractivity (Wildman–Crippen MR) is 54.3 cm³/mol. The van der Waals surface area contributed by atoms with Gasteiger partial charge in [-0.3, -0.25) is 0 Å². The molecule has 0 N–H and O–H groups in total. The van der Waals surface area contributed by atoms with Gasteiger partial charge >= 0.3 is 0 Å². The number of methoxy groups -OCH3 is 1. The van der Waals surface area contributed by atoms with E-state index >= 15 is 0 Å². The first-order valence-electron chi connectivity index (χ1n) is 4.08. The van der Waals surface area contributed by atoms with Crippen LogP contribution in [0.3, 0.4) is 0 Å². The fraction of sp³-hybridized carbons (Fsp3) is 0.333. The smallest absolute Gasteiger partial charge is 0.169 e. The molecule has 0 aromatic carbocycles. The molecule has 0 saturated carbocycles. The Morgan fingerprint density at radius 3 is 2.86 bits per heavy atom. The molecule has 0 aliphatic rings. The van der Waals surface area contributed by atoms with Crippen LogP contribution in [0.25, 0.3) is 5.76 Å². The van der Waals surface area contributed by atoms with Crippen LogP contribution in [0.2, 0.25) is 5.15 Å². The Bertz CT molecular complexity index is 342. The molecule has 0 bridgehead atoms. The molecule has 1 aromatic rings. The number of nitrogens with zero attached hydrogens (tertiary/aromatic N) is 2. The zero-order chi connectivity index (χ0) is 10.6. The Hall–Kier alpha value is -1.29. The van der Waals surface area contributed by atoms with Gasteiger partial charge in [-0.1, -0.05) is 18.2 Å². The van der Waals surface area contributed by atoms with Gasteiger partial charge in [0, 0.05) is 6.07 Å². The van der Waals surface area contributed by atoms with Crippen molar-refractivity contribution in [1.82, 2.24) is 10.2 Å². The lowest BCUT2D eigenvalue weighted by atomic mass is 10.3. The summed E-state index contributed by atoms with van der Waals surface area (Å²) in [5.41, 5.74) is 0.471. The van der Waals surface area contributed by atoms with E-state index in [0.717, 1.165) is 0 Å². The van der Waals surface area contributed by atoms with Crippen LogP contribution in [0, 0.1) is 0 Å². The Labute approximate surface area is 87.5 Å². The second kappa shape index (κ2) is 4.81. The summed E-state index contributed by atoms with van der Waals surface area (Å²) in [5, 5.41) is 7.79. The van der Waals surface area contributed by atoms with E-state index in [-0.39, 0.29) is 5.15 Å². The van der Waals surface area contributed by atoms with E-state index in [0.29, 0.717) is 23.8 Å². The van der Waals surface area contributed by atoms with Crippen molar-refractivity contribution in [1.29, 1.82) is 0 Å². The minimum absolute atomic E-state index is 0.273. The molecule has 0 spiro atoms. The van der Waals surface area contributed by atoms with E-state index in [1.807, 2.05) is 6.92 Å². The highest BCUT2D eigenvalue weighted by atomic mass is 35.5. The summed E-state index contributed by atoms with van der Waals surface area (Å²) >= 11 is 5.65. The molecule has 0 saturated heterocycles. The van der Waals surface area contributed by atoms with Crippen molar-refractivity contribution in [2.75, 3.05) is 13.7 Å². The van der Waals surface area contributed by atoms with E-state index in [1.165, 1.54) is 7.11 Å². The molecule has 0 aliphatic carbocycles. The van der Waals surface area contributed by atoms with Crippen LogP contribution in [0.5, 0.6) is 5.75 Å². The minimum atomic E-state index is 0.273. The summed E-state index contributed by atoms with van der Waals surface area (Å²) in [7, 11) is 1.52. The molecule has 0 atom stereocenters. The third-order valence-electron chi connectivity index (χ3n) is 1.53. The molecule has 1 rings (SSSR count). The summed E-state index contributed by atoms with van der Waals surface area (Å²) < 4.78 is 10.3. The quantitative estimate of drug-likeness (QED) is 0.721. The molecule has 76 valence electrons. The molecule has 14 heavy (non-hydrogen) atoms. The van der Waals surface area contributed by atoms with Gasteiger partial charge in [0.25, 0.3) is 0 Å². The first-order valence-corrected chi connectivity index (χ1v) is 4.46. The number of rotatable bonds is 4. The van der Waals surface area contributed by atoms with Crippen LogP contribution in [-0.4, -0.2) is 23.9 Å². The number of ether oxygens (including phenoxy) is 2. The van der Waals surface area contributed by atoms with Crippen molar-refractivity contribution < 1.29 is 9.47 Å². The van der Waals surface area contributed by atoms with E-state index < -0.39 is 0 Å². The van der Waals surface area contributed by atoms with Crippen LogP contribution in [0.4, 0.5) is 0 Å². The normalized spacial score (nSPS) is 9.64. The van der Waals surface area contributed by atoms with E-state index in [4.69, 9.17) is 21.1 Å². The lowest BCUT2D eigenvalue weighted by Gasteiger charge is -2.09. The SMILES string of the molecule is C=C(OCC)c1nnc(Cl)cc1OC. The number of aromatic nitrogens is 2. The highest BCUT2D eigenvalue weighted by molar-refractivity contribution is 6.29. The predicted octanol–water partition coefficient (Wildman–Crippen LogP) is 2.15. The Kier molecular flexibility index (Phi) is 3.71. The van der Waals surface area contributed by atoms with Crippen molar-refractivity contribution in [3.05, 3.63) is 23.5 Å². The van der Waals surface area contributed by atoms with Crippen LogP contribution in [-0.2, 0) is 4.74 Å². The summed E-state index contributed by atoms with van der Waals surface area (Å²) in [6.45, 7) is 6.09. The maximum absolute atomic E-state index is 5.65. The van der Waals surface area contributed by atoms with Gasteiger partial charge in [-0.2, -0.15) is 0 Å². The fourth-order valence-electron chi connectivity index (χ4n) is 0.944. The minimum Gasteiger partial charge on any atom is -0.494 e. The fourth-order valence-corrected chi connectivity index (χ4v) is 1.08. The standard InChI is InChI=1S/C9H11ClN2O2/c1-4-14-6(2)9-7(13-3)5-8(10)11-12-9/h5H,2,4H2,1,3H3. The topological polar surface area (TPSA) is 44.2 Å². The molecule has 0 fully saturated rings. The third kappa shape index (κ3) is 2.35. The van der Waals surface area contributed by atoms with Crippen LogP contribution in [0.1, 0.15) is 12.6 Å². The number of hydrogen-bond acceptors (Lipinski definition) is 4. The first kappa shape index (κ1) is 10.8. The average molecular weight is 215 g/mol. The second-order valence-electron chi connectivity index (χ2n) is 2.44. The van der Waals surface area contributed by atoms with Gasteiger partial charge in [-0.05, 0) is 6.92 Å². The number of hydrogen-bond donors (Lipinski definition) is 0. The summed E-state index contributed by atoms with van der Waals surface area (Å²) in [5.74, 6) is 0.928. The van der Waals surface area contributed by atoms with Gasteiger partial charge in [0.1, 0.15) is 5.76 Å². The third-order valence-corrected chi connectivity index (χ3v) is 1.72. The maximum Gasteiger partial charge on any atom is 0.169 e. The molecule has 1 aromatic heterocycles. The van der Waals surface area contributed by atoms with Crippen molar-refractivity contribution >= 4 is 17.4 Å². The highest BCUT2D eigenvalue weighted by Gasteiger charge is 2.10. The highest BCUT2D eigenvalue weighted by Crippen LogP contribution is 2.24. The van der Waals surface area contributed by atoms with Gasteiger partial charge in [-0.15, -0.1) is 10.2 Å². The van der Waals surface area contributed by atoms with Gasteiger partial charge in [0.15, 0.2) is 16.6 Å². The van der Waals surface area contributed by atoms with Crippen molar-refractivity contribution in [2.45, 2.75) is 6.92 Å². The van der Waals surface area contributed by atoms with Crippen molar-refractivity contribution in [2.24, 2.45) is 0 Å². The summed E-state index contributed by atoms with van der Waals surface area (Å²) in [4.78, 5) is 0. The zero-order valence-electron chi connectivity index (χ0n) is 8.08. The monoisotopic (exact) mass is 214 g/mol. The average Bonchev–Trinajstić information content (AvgIpc) is 2.17. The van der Waals surface area contributed by atoms with E-state index in [9.17, 15) is 0 Å². The van der Waals surface area contributed by atoms with Crippen LogP contribution in [0.15, 0.2) is 12.6 Å². The van der Waals surface area contributed by atoms with Crippen LogP contribution < -0.4 is 4.74 Å². The van der Waals surface area contributed by atoms with Gasteiger partial charge in [0.05, 0.1) is 13.7 Å². The van der Waals surface area contributed by atoms with Crippen molar-refractivity contribution in [3.63, 3.8) is 0 Å².